The Kier molecular flexibility index (Phi) is 5.86. The largest absolute Gasteiger partial charge is 0.481 e. The van der Waals surface area contributed by atoms with Crippen LogP contribution in [-0.2, 0) is 27.7 Å². The first-order valence-electron chi connectivity index (χ1n) is 10.2. The minimum absolute atomic E-state index is 0.0958. The summed E-state index contributed by atoms with van der Waals surface area (Å²) in [5.74, 6) is -0.947. The Labute approximate surface area is 184 Å². The van der Waals surface area contributed by atoms with Gasteiger partial charge >= 0.3 is 5.97 Å². The van der Waals surface area contributed by atoms with Crippen LogP contribution in [0.15, 0.2) is 64.4 Å². The number of H-pyrrole nitrogens is 2. The number of carboxylic acids is 1. The molecule has 166 valence electrons. The van der Waals surface area contributed by atoms with Crippen molar-refractivity contribution in [1.82, 2.24) is 14.3 Å². The lowest BCUT2D eigenvalue weighted by Crippen LogP contribution is -2.29. The summed E-state index contributed by atoms with van der Waals surface area (Å²) >= 11 is 0. The second-order valence-corrected chi connectivity index (χ2v) is 9.73. The second-order valence-electron chi connectivity index (χ2n) is 7.68. The number of aryl methyl sites for hydroxylation is 1. The summed E-state index contributed by atoms with van der Waals surface area (Å²) in [6, 6.07) is 14.2. The lowest BCUT2D eigenvalue weighted by Gasteiger charge is -2.18. The summed E-state index contributed by atoms with van der Waals surface area (Å²) in [6.45, 7) is 0.319. The van der Waals surface area contributed by atoms with E-state index in [9.17, 15) is 18.0 Å². The molecule has 4 aromatic rings. The molecule has 0 aliphatic carbocycles. The minimum atomic E-state index is -3.76. The number of fused-ring (bicyclic) bond motifs is 3. The summed E-state index contributed by atoms with van der Waals surface area (Å²) < 4.78 is 27.7. The van der Waals surface area contributed by atoms with Crippen LogP contribution in [0, 0.1) is 0 Å². The van der Waals surface area contributed by atoms with E-state index in [0.717, 1.165) is 5.56 Å². The highest BCUT2D eigenvalue weighted by atomic mass is 32.2. The Balaban J connectivity index is 1.73. The standard InChI is InChI=1S/C23H23N3O5S/c1-26(12-11-15-5-3-2-4-6-15)32(30,31)17-8-9-19-18(13-17)21-16(7-10-20(27)28)14-24-22(21)23(29)25-19/h2-6,8-9,13-14,24H,7,10-12H2,1H3,(H,25,29)(H,27,28). The molecule has 0 spiro atoms. The van der Waals surface area contributed by atoms with Crippen LogP contribution >= 0.6 is 0 Å². The molecule has 0 aliphatic rings. The van der Waals surface area contributed by atoms with Crippen LogP contribution in [-0.4, -0.2) is 47.4 Å². The Morgan fingerprint density at radius 1 is 1.09 bits per heavy atom. The Morgan fingerprint density at radius 2 is 1.84 bits per heavy atom. The van der Waals surface area contributed by atoms with E-state index in [1.54, 1.807) is 25.4 Å². The van der Waals surface area contributed by atoms with E-state index < -0.39 is 16.0 Å². The molecule has 0 unspecified atom stereocenters. The van der Waals surface area contributed by atoms with Gasteiger partial charge < -0.3 is 15.1 Å². The van der Waals surface area contributed by atoms with Gasteiger partial charge in [0.2, 0.25) is 10.0 Å². The number of carboxylic acid groups (broad SMARTS) is 1. The zero-order valence-corrected chi connectivity index (χ0v) is 18.3. The van der Waals surface area contributed by atoms with Crippen molar-refractivity contribution in [3.63, 3.8) is 0 Å². The SMILES string of the molecule is CN(CCc1ccccc1)S(=O)(=O)c1ccc2[nH]c(=O)c3[nH]cc(CCC(=O)O)c3c2c1. The number of benzene rings is 2. The van der Waals surface area contributed by atoms with Gasteiger partial charge in [-0.05, 0) is 42.2 Å². The van der Waals surface area contributed by atoms with Gasteiger partial charge in [-0.25, -0.2) is 12.7 Å². The van der Waals surface area contributed by atoms with Crippen molar-refractivity contribution in [1.29, 1.82) is 0 Å². The Hall–Kier alpha value is -3.43. The molecule has 0 aliphatic heterocycles. The summed E-state index contributed by atoms with van der Waals surface area (Å²) in [7, 11) is -2.22. The molecule has 2 aromatic carbocycles. The quantitative estimate of drug-likeness (QED) is 0.379. The predicted octanol–water partition coefficient (Wildman–Crippen LogP) is 2.89. The van der Waals surface area contributed by atoms with Crippen LogP contribution in [0.4, 0.5) is 0 Å². The summed E-state index contributed by atoms with van der Waals surface area (Å²) in [5, 5.41) is 10.1. The van der Waals surface area contributed by atoms with Crippen molar-refractivity contribution < 1.29 is 18.3 Å². The Bertz CT molecular complexity index is 1460. The van der Waals surface area contributed by atoms with Crippen LogP contribution in [0.25, 0.3) is 21.8 Å². The fraction of sp³-hybridized carbons (Fsp3) is 0.217. The van der Waals surface area contributed by atoms with Crippen LogP contribution in [0.2, 0.25) is 0 Å². The highest BCUT2D eigenvalue weighted by molar-refractivity contribution is 7.89. The monoisotopic (exact) mass is 453 g/mol. The molecule has 9 heteroatoms. The minimum Gasteiger partial charge on any atom is -0.481 e. The highest BCUT2D eigenvalue weighted by Gasteiger charge is 2.22. The number of likely N-dealkylation sites (N-methyl/N-ethyl adjacent to an activating group) is 1. The number of pyridine rings is 1. The van der Waals surface area contributed by atoms with Gasteiger partial charge in [0.1, 0.15) is 5.52 Å². The first kappa shape index (κ1) is 21.8. The first-order chi connectivity index (χ1) is 15.3. The molecule has 8 nitrogen and oxygen atoms in total. The maximum atomic E-state index is 13.2. The number of hydrogen-bond donors (Lipinski definition) is 3. The average molecular weight is 454 g/mol. The van der Waals surface area contributed by atoms with Crippen molar-refractivity contribution in [2.75, 3.05) is 13.6 Å². The van der Waals surface area contributed by atoms with Crippen molar-refractivity contribution in [2.45, 2.75) is 24.2 Å². The number of sulfonamides is 1. The van der Waals surface area contributed by atoms with E-state index in [0.29, 0.717) is 40.3 Å². The van der Waals surface area contributed by atoms with Crippen molar-refractivity contribution >= 4 is 37.8 Å². The van der Waals surface area contributed by atoms with Gasteiger partial charge in [-0.3, -0.25) is 9.59 Å². The second kappa shape index (κ2) is 8.60. The molecule has 0 bridgehead atoms. The third kappa shape index (κ3) is 4.17. The topological polar surface area (TPSA) is 123 Å². The number of nitrogens with zero attached hydrogens (tertiary/aromatic N) is 1. The molecule has 0 saturated heterocycles. The molecule has 0 atom stereocenters. The molecular weight excluding hydrogens is 430 g/mol. The number of rotatable bonds is 8. The third-order valence-electron chi connectivity index (χ3n) is 5.57. The van der Waals surface area contributed by atoms with Crippen LogP contribution in [0.3, 0.4) is 0 Å². The molecule has 3 N–H and O–H groups in total. The smallest absolute Gasteiger partial charge is 0.303 e. The van der Waals surface area contributed by atoms with E-state index >= 15 is 0 Å². The zero-order chi connectivity index (χ0) is 22.9. The summed E-state index contributed by atoms with van der Waals surface area (Å²) in [4.78, 5) is 29.2. The zero-order valence-electron chi connectivity index (χ0n) is 17.5. The number of aromatic amines is 2. The predicted molar refractivity (Wildman–Crippen MR) is 122 cm³/mol. The summed E-state index contributed by atoms with van der Waals surface area (Å²) in [5.41, 5.74) is 2.15. The van der Waals surface area contributed by atoms with Gasteiger partial charge in [0.25, 0.3) is 5.56 Å². The van der Waals surface area contributed by atoms with Crippen molar-refractivity contribution in [2.24, 2.45) is 0 Å². The Morgan fingerprint density at radius 3 is 2.56 bits per heavy atom. The van der Waals surface area contributed by atoms with Gasteiger partial charge in [0.15, 0.2) is 0 Å². The third-order valence-corrected chi connectivity index (χ3v) is 7.42. The molecule has 0 radical (unpaired) electrons. The fourth-order valence-corrected chi connectivity index (χ4v) is 5.00. The van der Waals surface area contributed by atoms with E-state index in [4.69, 9.17) is 5.11 Å². The number of aliphatic carboxylic acids is 1. The van der Waals surface area contributed by atoms with Crippen molar-refractivity contribution in [3.05, 3.63) is 76.2 Å². The van der Waals surface area contributed by atoms with Gasteiger partial charge in [-0.15, -0.1) is 0 Å². The average Bonchev–Trinajstić information content (AvgIpc) is 3.21. The van der Waals surface area contributed by atoms with Crippen molar-refractivity contribution in [3.8, 4) is 0 Å². The summed E-state index contributed by atoms with van der Waals surface area (Å²) in [6.07, 6.45) is 2.32. The van der Waals surface area contributed by atoms with E-state index in [1.807, 2.05) is 30.3 Å². The fourth-order valence-electron chi connectivity index (χ4n) is 3.81. The number of nitrogens with one attached hydrogen (secondary N) is 2. The maximum Gasteiger partial charge on any atom is 0.303 e. The first-order valence-corrected chi connectivity index (χ1v) is 11.6. The molecule has 2 heterocycles. The van der Waals surface area contributed by atoms with E-state index in [2.05, 4.69) is 9.97 Å². The number of hydrogen-bond acceptors (Lipinski definition) is 4. The van der Waals surface area contributed by atoms with Crippen LogP contribution in [0.1, 0.15) is 17.5 Å². The molecule has 32 heavy (non-hydrogen) atoms. The highest BCUT2D eigenvalue weighted by Crippen LogP contribution is 2.28. The molecule has 4 rings (SSSR count). The molecule has 0 amide bonds. The number of aromatic nitrogens is 2. The molecular formula is C23H23N3O5S. The van der Waals surface area contributed by atoms with Gasteiger partial charge in [-0.2, -0.15) is 0 Å². The van der Waals surface area contributed by atoms with Gasteiger partial charge in [-0.1, -0.05) is 30.3 Å². The van der Waals surface area contributed by atoms with Crippen LogP contribution < -0.4 is 5.56 Å². The van der Waals surface area contributed by atoms with E-state index in [1.165, 1.54) is 10.4 Å². The van der Waals surface area contributed by atoms with Gasteiger partial charge in [0, 0.05) is 42.5 Å². The van der Waals surface area contributed by atoms with Crippen LogP contribution in [0.5, 0.6) is 0 Å². The lowest BCUT2D eigenvalue weighted by molar-refractivity contribution is -0.136. The lowest BCUT2D eigenvalue weighted by atomic mass is 10.0. The molecule has 0 fully saturated rings. The van der Waals surface area contributed by atoms with Gasteiger partial charge in [0.05, 0.1) is 4.90 Å². The molecule has 0 saturated carbocycles. The van der Waals surface area contributed by atoms with E-state index in [-0.39, 0.29) is 23.3 Å². The molecule has 2 aromatic heterocycles. The number of carbonyl (C=O) groups is 1. The maximum absolute atomic E-state index is 13.2. The normalized spacial score (nSPS) is 12.1.